The molecule has 0 aromatic heterocycles. The number of allylic oxidation sites excluding steroid dienone is 1. The van der Waals surface area contributed by atoms with Gasteiger partial charge in [-0.15, -0.1) is 6.58 Å². The lowest BCUT2D eigenvalue weighted by Crippen LogP contribution is -2.57. The van der Waals surface area contributed by atoms with Gasteiger partial charge in [0.05, 0.1) is 6.54 Å². The van der Waals surface area contributed by atoms with Crippen molar-refractivity contribution in [1.29, 1.82) is 0 Å². The predicted octanol–water partition coefficient (Wildman–Crippen LogP) is 1.58. The first-order valence-corrected chi connectivity index (χ1v) is 7.43. The summed E-state index contributed by atoms with van der Waals surface area (Å²) >= 11 is 0. The van der Waals surface area contributed by atoms with Gasteiger partial charge in [0.1, 0.15) is 0 Å². The second-order valence-corrected chi connectivity index (χ2v) is 5.57. The second kappa shape index (κ2) is 10.8. The zero-order chi connectivity index (χ0) is 17.0. The van der Waals surface area contributed by atoms with Crippen molar-refractivity contribution in [2.24, 2.45) is 0 Å². The minimum Gasteiger partial charge on any atom is -0.477 e. The molecule has 22 heavy (non-hydrogen) atoms. The highest BCUT2D eigenvalue weighted by molar-refractivity contribution is 5.73. The first kappa shape index (κ1) is 20.1. The van der Waals surface area contributed by atoms with E-state index in [0.29, 0.717) is 6.42 Å². The van der Waals surface area contributed by atoms with Gasteiger partial charge in [0.25, 0.3) is 0 Å². The number of quaternary nitrogens is 1. The molecule has 0 aromatic rings. The first-order valence-electron chi connectivity index (χ1n) is 7.43. The highest BCUT2D eigenvalue weighted by Crippen LogP contribution is 2.13. The van der Waals surface area contributed by atoms with Crippen molar-refractivity contribution in [3.63, 3.8) is 0 Å². The Morgan fingerprint density at radius 3 is 1.59 bits per heavy atom. The molecule has 0 heterocycles. The largest absolute Gasteiger partial charge is 0.477 e. The fraction of sp³-hybridized carbons (Fsp3) is 0.667. The van der Waals surface area contributed by atoms with Crippen LogP contribution in [0.1, 0.15) is 38.5 Å². The Kier molecular flexibility index (Phi) is 9.86. The smallest absolute Gasteiger partial charge is 0.359 e. The van der Waals surface area contributed by atoms with Gasteiger partial charge in [-0.05, 0) is 25.7 Å². The van der Waals surface area contributed by atoms with Gasteiger partial charge in [-0.3, -0.25) is 4.48 Å². The lowest BCUT2D eigenvalue weighted by molar-refractivity contribution is -0.907. The van der Waals surface area contributed by atoms with Gasteiger partial charge in [0, 0.05) is 0 Å². The van der Waals surface area contributed by atoms with E-state index >= 15 is 0 Å². The summed E-state index contributed by atoms with van der Waals surface area (Å²) in [6.07, 6.45) is 7.29. The van der Waals surface area contributed by atoms with Crippen LogP contribution in [0.5, 0.6) is 0 Å². The van der Waals surface area contributed by atoms with Gasteiger partial charge >= 0.3 is 17.9 Å². The Labute approximate surface area is 130 Å². The molecule has 0 bridgehead atoms. The highest BCUT2D eigenvalue weighted by Gasteiger charge is 2.35. The summed E-state index contributed by atoms with van der Waals surface area (Å²) in [5.74, 6) is -3.56. The Balaban J connectivity index is 4.54. The fourth-order valence-electron chi connectivity index (χ4n) is 2.53. The number of aliphatic carboxylic acids is 3. The van der Waals surface area contributed by atoms with Crippen LogP contribution in [0, 0.1) is 0 Å². The lowest BCUT2D eigenvalue weighted by atomic mass is 10.1. The van der Waals surface area contributed by atoms with E-state index in [1.54, 1.807) is 0 Å². The van der Waals surface area contributed by atoms with Crippen LogP contribution >= 0.6 is 0 Å². The third kappa shape index (κ3) is 9.93. The summed E-state index contributed by atoms with van der Waals surface area (Å²) in [6, 6.07) is 0. The van der Waals surface area contributed by atoms with Crippen LogP contribution in [0.4, 0.5) is 0 Å². The van der Waals surface area contributed by atoms with E-state index in [4.69, 9.17) is 15.3 Å². The summed E-state index contributed by atoms with van der Waals surface area (Å²) < 4.78 is -0.452. The Hall–Kier alpha value is -1.89. The normalized spacial score (nSPS) is 11.1. The minimum atomic E-state index is -1.19. The number of hydrogen-bond donors (Lipinski definition) is 3. The number of nitrogens with zero attached hydrogens (tertiary/aromatic N) is 1. The standard InChI is InChI=1S/C15H25NO6/c1-2-3-4-5-6-7-8-9-16(10-13(17)18,11-14(19)20)12-15(21)22/h2H,1,3-12H2,(H2-,17,18,19,20,21,22)/p+1. The topological polar surface area (TPSA) is 112 Å². The molecule has 0 aliphatic carbocycles. The fourth-order valence-corrected chi connectivity index (χ4v) is 2.53. The van der Waals surface area contributed by atoms with E-state index in [2.05, 4.69) is 6.58 Å². The Morgan fingerprint density at radius 2 is 1.18 bits per heavy atom. The molecule has 0 atom stereocenters. The van der Waals surface area contributed by atoms with Gasteiger partial charge in [-0.25, -0.2) is 14.4 Å². The number of carboxylic acid groups (broad SMARTS) is 3. The molecule has 0 unspecified atom stereocenters. The minimum absolute atomic E-state index is 0.242. The average Bonchev–Trinajstić information content (AvgIpc) is 2.35. The molecule has 0 rings (SSSR count). The molecular formula is C15H26NO6+. The van der Waals surface area contributed by atoms with Gasteiger partial charge < -0.3 is 15.3 Å². The maximum absolute atomic E-state index is 11.0. The Morgan fingerprint density at radius 1 is 0.773 bits per heavy atom. The van der Waals surface area contributed by atoms with Crippen LogP contribution < -0.4 is 0 Å². The van der Waals surface area contributed by atoms with Crippen LogP contribution in [-0.4, -0.2) is 63.9 Å². The van der Waals surface area contributed by atoms with Crippen molar-refractivity contribution in [2.75, 3.05) is 26.2 Å². The van der Waals surface area contributed by atoms with Crippen molar-refractivity contribution in [1.82, 2.24) is 0 Å². The number of carbonyl (C=O) groups is 3. The van der Waals surface area contributed by atoms with E-state index in [-0.39, 0.29) is 6.54 Å². The molecule has 0 aromatic carbocycles. The molecule has 3 N–H and O–H groups in total. The van der Waals surface area contributed by atoms with Crippen LogP contribution in [-0.2, 0) is 14.4 Å². The molecule has 0 saturated heterocycles. The molecule has 7 nitrogen and oxygen atoms in total. The van der Waals surface area contributed by atoms with Crippen molar-refractivity contribution >= 4 is 17.9 Å². The quantitative estimate of drug-likeness (QED) is 0.255. The van der Waals surface area contributed by atoms with Crippen LogP contribution in [0.15, 0.2) is 12.7 Å². The van der Waals surface area contributed by atoms with Gasteiger partial charge in [-0.2, -0.15) is 0 Å². The SMILES string of the molecule is C=CCCCCCCC[N+](CC(=O)O)(CC(=O)O)CC(=O)O. The summed E-state index contributed by atoms with van der Waals surface area (Å²) in [6.45, 7) is 2.41. The average molecular weight is 316 g/mol. The van der Waals surface area contributed by atoms with Gasteiger partial charge in [-0.1, -0.05) is 18.9 Å². The van der Waals surface area contributed by atoms with E-state index in [1.807, 2.05) is 6.08 Å². The maximum Gasteiger partial charge on any atom is 0.359 e. The molecule has 0 amide bonds. The van der Waals surface area contributed by atoms with Crippen molar-refractivity contribution in [3.8, 4) is 0 Å². The molecule has 0 spiro atoms. The molecule has 0 aliphatic rings. The molecular weight excluding hydrogens is 290 g/mol. The third-order valence-corrected chi connectivity index (χ3v) is 3.45. The summed E-state index contributed by atoms with van der Waals surface area (Å²) in [7, 11) is 0. The monoisotopic (exact) mass is 316 g/mol. The maximum atomic E-state index is 11.0. The summed E-state index contributed by atoms with van der Waals surface area (Å²) in [4.78, 5) is 32.9. The zero-order valence-corrected chi connectivity index (χ0v) is 12.9. The van der Waals surface area contributed by atoms with E-state index in [9.17, 15) is 14.4 Å². The van der Waals surface area contributed by atoms with Crippen molar-refractivity contribution in [3.05, 3.63) is 12.7 Å². The second-order valence-electron chi connectivity index (χ2n) is 5.57. The van der Waals surface area contributed by atoms with Gasteiger partial charge in [0.15, 0.2) is 19.6 Å². The number of rotatable bonds is 14. The Bertz CT molecular complexity index is 353. The molecule has 0 saturated carbocycles. The van der Waals surface area contributed by atoms with Crippen LogP contribution in [0.25, 0.3) is 0 Å². The molecule has 0 radical (unpaired) electrons. The number of unbranched alkanes of at least 4 members (excludes halogenated alkanes) is 5. The lowest BCUT2D eigenvalue weighted by Gasteiger charge is -2.34. The van der Waals surface area contributed by atoms with Crippen molar-refractivity contribution in [2.45, 2.75) is 38.5 Å². The third-order valence-electron chi connectivity index (χ3n) is 3.45. The van der Waals surface area contributed by atoms with E-state index < -0.39 is 42.0 Å². The van der Waals surface area contributed by atoms with Crippen molar-refractivity contribution < 1.29 is 34.2 Å². The highest BCUT2D eigenvalue weighted by atomic mass is 16.4. The molecule has 0 aliphatic heterocycles. The number of carboxylic acids is 3. The predicted molar refractivity (Wildman–Crippen MR) is 80.5 cm³/mol. The molecule has 0 fully saturated rings. The van der Waals surface area contributed by atoms with E-state index in [1.165, 1.54) is 0 Å². The number of hydrogen-bond acceptors (Lipinski definition) is 3. The summed E-state index contributed by atoms with van der Waals surface area (Å²) in [5, 5.41) is 26.9. The van der Waals surface area contributed by atoms with Gasteiger partial charge in [0.2, 0.25) is 0 Å². The van der Waals surface area contributed by atoms with E-state index in [0.717, 1.165) is 32.1 Å². The first-order chi connectivity index (χ1) is 10.3. The molecule has 126 valence electrons. The summed E-state index contributed by atoms with van der Waals surface area (Å²) in [5.41, 5.74) is 0. The molecule has 7 heteroatoms. The zero-order valence-electron chi connectivity index (χ0n) is 12.9. The van der Waals surface area contributed by atoms with Crippen LogP contribution in [0.3, 0.4) is 0 Å². The van der Waals surface area contributed by atoms with Crippen LogP contribution in [0.2, 0.25) is 0 Å².